The summed E-state index contributed by atoms with van der Waals surface area (Å²) in [5, 5.41) is 5.65. The molecule has 0 atom stereocenters. The second kappa shape index (κ2) is 3.31. The number of fused-ring (bicyclic) bond motifs is 1. The van der Waals surface area contributed by atoms with Crippen LogP contribution in [0.3, 0.4) is 0 Å². The topological polar surface area (TPSA) is 17.8 Å². The van der Waals surface area contributed by atoms with Gasteiger partial charge in [0.25, 0.3) is 0 Å². The molecule has 0 bridgehead atoms. The van der Waals surface area contributed by atoms with E-state index in [2.05, 4.69) is 52.8 Å². The lowest BCUT2D eigenvalue weighted by Crippen LogP contribution is -2.06. The first-order valence-electron chi connectivity index (χ1n) is 4.63. The average Bonchev–Trinajstić information content (AvgIpc) is 2.47. The molecule has 0 amide bonds. The molecule has 14 heavy (non-hydrogen) atoms. The number of benzene rings is 1. The van der Waals surface area contributed by atoms with Gasteiger partial charge in [-0.3, -0.25) is 4.68 Å². The van der Waals surface area contributed by atoms with Gasteiger partial charge in [-0.2, -0.15) is 5.10 Å². The van der Waals surface area contributed by atoms with E-state index >= 15 is 0 Å². The van der Waals surface area contributed by atoms with E-state index in [0.717, 1.165) is 5.88 Å². The van der Waals surface area contributed by atoms with Crippen molar-refractivity contribution in [2.75, 3.05) is 18.8 Å². The predicted octanol–water partition coefficient (Wildman–Crippen LogP) is 2.69. The summed E-state index contributed by atoms with van der Waals surface area (Å²) in [6.45, 7) is 0. The van der Waals surface area contributed by atoms with E-state index in [-0.39, 0.29) is 0 Å². The van der Waals surface area contributed by atoms with Gasteiger partial charge in [-0.1, -0.05) is 18.2 Å². The van der Waals surface area contributed by atoms with Gasteiger partial charge < -0.3 is 0 Å². The van der Waals surface area contributed by atoms with E-state index in [9.17, 15) is 0 Å². The molecule has 0 N–H and O–H groups in total. The Morgan fingerprint density at radius 2 is 1.93 bits per heavy atom. The van der Waals surface area contributed by atoms with Gasteiger partial charge in [0.15, 0.2) is 0 Å². The van der Waals surface area contributed by atoms with Crippen LogP contribution in [0.4, 0.5) is 0 Å². The van der Waals surface area contributed by atoms with Crippen LogP contribution in [0.2, 0.25) is 0 Å². The highest BCUT2D eigenvalue weighted by molar-refractivity contribution is 8.31. The molecule has 3 heteroatoms. The summed E-state index contributed by atoms with van der Waals surface area (Å²) in [5.41, 5.74) is 1.25. The Hall–Kier alpha value is -0.960. The second-order valence-electron chi connectivity index (χ2n) is 4.42. The van der Waals surface area contributed by atoms with E-state index in [0.29, 0.717) is 0 Å². The van der Waals surface area contributed by atoms with Gasteiger partial charge in [-0.25, -0.2) is 10.0 Å². The van der Waals surface area contributed by atoms with Crippen molar-refractivity contribution in [1.29, 1.82) is 0 Å². The van der Waals surface area contributed by atoms with Crippen LogP contribution in [0.15, 0.2) is 30.5 Å². The highest BCUT2D eigenvalue weighted by atomic mass is 32.3. The van der Waals surface area contributed by atoms with Crippen LogP contribution in [0.1, 0.15) is 0 Å². The Morgan fingerprint density at radius 1 is 1.21 bits per heavy atom. The van der Waals surface area contributed by atoms with Crippen LogP contribution >= 0.6 is 10.0 Å². The summed E-state index contributed by atoms with van der Waals surface area (Å²) in [6, 6.07) is 8.36. The maximum Gasteiger partial charge on any atom is 0.0713 e. The highest BCUT2D eigenvalue weighted by Crippen LogP contribution is 2.37. The van der Waals surface area contributed by atoms with Crippen molar-refractivity contribution in [2.45, 2.75) is 5.88 Å². The Balaban J connectivity index is 2.44. The number of rotatable bonds is 2. The van der Waals surface area contributed by atoms with Gasteiger partial charge in [-0.15, -0.1) is 0 Å². The summed E-state index contributed by atoms with van der Waals surface area (Å²) < 4.78 is 2.12. The second-order valence-corrected chi connectivity index (χ2v) is 8.86. The molecule has 2 rings (SSSR count). The van der Waals surface area contributed by atoms with Gasteiger partial charge in [0.2, 0.25) is 0 Å². The minimum absolute atomic E-state index is 0.538. The van der Waals surface area contributed by atoms with E-state index in [1.165, 1.54) is 10.9 Å². The lowest BCUT2D eigenvalue weighted by molar-refractivity contribution is 0.774. The molecule has 0 saturated heterocycles. The predicted molar refractivity (Wildman–Crippen MR) is 65.1 cm³/mol. The van der Waals surface area contributed by atoms with Crippen LogP contribution in [0.25, 0.3) is 10.9 Å². The molecule has 0 unspecified atom stereocenters. The van der Waals surface area contributed by atoms with Crippen molar-refractivity contribution in [3.05, 3.63) is 30.5 Å². The zero-order valence-corrected chi connectivity index (χ0v) is 9.71. The number of para-hydroxylation sites is 1. The number of aromatic nitrogens is 2. The van der Waals surface area contributed by atoms with Crippen LogP contribution in [-0.4, -0.2) is 28.5 Å². The van der Waals surface area contributed by atoms with Gasteiger partial charge in [-0.05, 0) is 24.8 Å². The van der Waals surface area contributed by atoms with Gasteiger partial charge in [0, 0.05) is 5.39 Å². The standard InChI is InChI=1S/C11H16N2S/c1-14(2,3)9-13-11-7-5-4-6-10(11)8-12-13/h4-8H,9H2,1-3H3. The van der Waals surface area contributed by atoms with Crippen molar-refractivity contribution >= 4 is 20.9 Å². The van der Waals surface area contributed by atoms with Crippen LogP contribution in [0.5, 0.6) is 0 Å². The first-order valence-corrected chi connectivity index (χ1v) is 7.65. The maximum absolute atomic E-state index is 4.42. The molecule has 1 heterocycles. The summed E-state index contributed by atoms with van der Waals surface area (Å²) in [5.74, 6) is 1.04. The normalized spacial score (nSPS) is 13.4. The van der Waals surface area contributed by atoms with Crippen molar-refractivity contribution in [2.24, 2.45) is 0 Å². The Labute approximate surface area is 86.2 Å². The van der Waals surface area contributed by atoms with Crippen molar-refractivity contribution < 1.29 is 0 Å². The van der Waals surface area contributed by atoms with E-state index < -0.39 is 10.0 Å². The Kier molecular flexibility index (Phi) is 2.27. The lowest BCUT2D eigenvalue weighted by Gasteiger charge is -2.25. The Morgan fingerprint density at radius 3 is 2.64 bits per heavy atom. The minimum Gasteiger partial charge on any atom is -0.256 e. The van der Waals surface area contributed by atoms with Gasteiger partial charge >= 0.3 is 0 Å². The molecular weight excluding hydrogens is 192 g/mol. The Bertz CT molecular complexity index is 440. The maximum atomic E-state index is 4.42. The zero-order chi connectivity index (χ0) is 10.2. The fraction of sp³-hybridized carbons (Fsp3) is 0.364. The zero-order valence-electron chi connectivity index (χ0n) is 8.90. The summed E-state index contributed by atoms with van der Waals surface area (Å²) in [7, 11) is -0.538. The van der Waals surface area contributed by atoms with Crippen molar-refractivity contribution in [3.63, 3.8) is 0 Å². The number of hydrogen-bond acceptors (Lipinski definition) is 1. The third-order valence-corrected chi connectivity index (χ3v) is 3.08. The summed E-state index contributed by atoms with van der Waals surface area (Å²) >= 11 is 0. The largest absolute Gasteiger partial charge is 0.256 e. The summed E-state index contributed by atoms with van der Waals surface area (Å²) in [6.07, 6.45) is 8.87. The average molecular weight is 208 g/mol. The third-order valence-electron chi connectivity index (χ3n) is 2.06. The molecule has 0 aliphatic carbocycles. The van der Waals surface area contributed by atoms with E-state index in [4.69, 9.17) is 0 Å². The molecule has 0 fully saturated rings. The molecule has 76 valence electrons. The molecular formula is C11H16N2S. The third kappa shape index (κ3) is 1.93. The molecule has 2 aromatic rings. The van der Waals surface area contributed by atoms with Crippen molar-refractivity contribution in [3.8, 4) is 0 Å². The lowest BCUT2D eigenvalue weighted by atomic mass is 10.3. The number of nitrogens with zero attached hydrogens (tertiary/aromatic N) is 2. The van der Waals surface area contributed by atoms with Crippen LogP contribution < -0.4 is 0 Å². The first-order chi connectivity index (χ1) is 6.56. The first kappa shape index (κ1) is 9.59. The van der Waals surface area contributed by atoms with Gasteiger partial charge in [0.1, 0.15) is 0 Å². The molecule has 0 spiro atoms. The molecule has 2 nitrogen and oxygen atoms in total. The minimum atomic E-state index is -0.538. The van der Waals surface area contributed by atoms with E-state index in [1.54, 1.807) is 0 Å². The smallest absolute Gasteiger partial charge is 0.0713 e. The molecule has 1 aromatic heterocycles. The fourth-order valence-electron chi connectivity index (χ4n) is 1.50. The van der Waals surface area contributed by atoms with Crippen LogP contribution in [-0.2, 0) is 5.88 Å². The monoisotopic (exact) mass is 208 g/mol. The summed E-state index contributed by atoms with van der Waals surface area (Å²) in [4.78, 5) is 0. The SMILES string of the molecule is CS(C)(C)Cn1ncc2ccccc21. The van der Waals surface area contributed by atoms with Gasteiger partial charge in [0.05, 0.1) is 17.6 Å². The molecule has 0 aliphatic heterocycles. The molecule has 0 radical (unpaired) electrons. The molecule has 1 aromatic carbocycles. The quantitative estimate of drug-likeness (QED) is 0.742. The highest BCUT2D eigenvalue weighted by Gasteiger charge is 2.08. The van der Waals surface area contributed by atoms with Crippen molar-refractivity contribution in [1.82, 2.24) is 9.78 Å². The molecule has 0 aliphatic rings. The number of hydrogen-bond donors (Lipinski definition) is 0. The fourth-order valence-corrected chi connectivity index (χ4v) is 2.44. The van der Waals surface area contributed by atoms with Crippen LogP contribution in [0, 0.1) is 0 Å². The van der Waals surface area contributed by atoms with E-state index in [1.807, 2.05) is 6.20 Å². The molecule has 0 saturated carbocycles.